The summed E-state index contributed by atoms with van der Waals surface area (Å²) in [6.07, 6.45) is -0.448. The number of aromatic nitrogens is 1. The van der Waals surface area contributed by atoms with Gasteiger partial charge in [0.25, 0.3) is 0 Å². The van der Waals surface area contributed by atoms with Gasteiger partial charge in [-0.05, 0) is 61.8 Å². The minimum atomic E-state index is -0.505. The number of hydrogen-bond donors (Lipinski definition) is 1. The number of nitrogens with zero attached hydrogens (tertiary/aromatic N) is 1. The second-order valence-electron chi connectivity index (χ2n) is 5.87. The Bertz CT molecular complexity index is 669. The zero-order valence-electron chi connectivity index (χ0n) is 12.4. The van der Waals surface area contributed by atoms with E-state index in [9.17, 15) is 4.79 Å². The van der Waals surface area contributed by atoms with Gasteiger partial charge in [0.1, 0.15) is 5.60 Å². The lowest BCUT2D eigenvalue weighted by atomic mass is 10.2. The molecule has 1 N–H and O–H groups in total. The highest BCUT2D eigenvalue weighted by Gasteiger charge is 2.17. The minimum Gasteiger partial charge on any atom is -0.444 e. The van der Waals surface area contributed by atoms with Crippen LogP contribution in [0.3, 0.4) is 0 Å². The third-order valence-corrected chi connectivity index (χ3v) is 3.57. The number of carbonyl (C=O) groups excluding carboxylic acids is 1. The highest BCUT2D eigenvalue weighted by molar-refractivity contribution is 9.10. The van der Waals surface area contributed by atoms with Crippen molar-refractivity contribution in [3.63, 3.8) is 0 Å². The zero-order chi connectivity index (χ0) is 15.1. The topological polar surface area (TPSA) is 43.3 Å². The van der Waals surface area contributed by atoms with Crippen molar-refractivity contribution < 1.29 is 9.53 Å². The lowest BCUT2D eigenvalue weighted by molar-refractivity contribution is 0.0636. The Hall–Kier alpha value is -1.49. The number of ether oxygens (including phenoxy) is 1. The fraction of sp³-hybridized carbons (Fsp3) is 0.400. The van der Waals surface area contributed by atoms with E-state index in [1.807, 2.05) is 46.9 Å². The third kappa shape index (κ3) is 3.15. The fourth-order valence-corrected chi connectivity index (χ4v) is 2.82. The number of nitrogens with one attached hydrogen (secondary N) is 1. The molecule has 0 atom stereocenters. The maximum Gasteiger partial charge on any atom is 0.412 e. The number of amides is 1. The van der Waals surface area contributed by atoms with Crippen LogP contribution in [-0.2, 0) is 11.8 Å². The first-order valence-electron chi connectivity index (χ1n) is 6.43. The summed E-state index contributed by atoms with van der Waals surface area (Å²) in [6.45, 7) is 7.57. The zero-order valence-corrected chi connectivity index (χ0v) is 14.0. The molecule has 0 aliphatic carbocycles. The molecule has 0 saturated carbocycles. The van der Waals surface area contributed by atoms with Crippen LogP contribution in [0.25, 0.3) is 10.9 Å². The van der Waals surface area contributed by atoms with E-state index in [-0.39, 0.29) is 0 Å². The van der Waals surface area contributed by atoms with Crippen molar-refractivity contribution in [3.8, 4) is 0 Å². The SMILES string of the molecule is Cc1cc2cc(NC(=O)OC(C)(C)C)cc(Br)c2n1C. The van der Waals surface area contributed by atoms with Crippen LogP contribution in [0.1, 0.15) is 26.5 Å². The van der Waals surface area contributed by atoms with Gasteiger partial charge in [-0.15, -0.1) is 0 Å². The lowest BCUT2D eigenvalue weighted by Crippen LogP contribution is -2.27. The van der Waals surface area contributed by atoms with E-state index in [1.54, 1.807) is 0 Å². The molecule has 0 bridgehead atoms. The molecule has 4 nitrogen and oxygen atoms in total. The third-order valence-electron chi connectivity index (χ3n) is 2.97. The van der Waals surface area contributed by atoms with Crippen LogP contribution in [0.15, 0.2) is 22.7 Å². The average Bonchev–Trinajstić information content (AvgIpc) is 2.51. The summed E-state index contributed by atoms with van der Waals surface area (Å²) < 4.78 is 8.30. The van der Waals surface area contributed by atoms with Crippen molar-refractivity contribution in [1.29, 1.82) is 0 Å². The normalized spacial score (nSPS) is 11.7. The molecule has 108 valence electrons. The molecular weight excluding hydrogens is 320 g/mol. The largest absolute Gasteiger partial charge is 0.444 e. The summed E-state index contributed by atoms with van der Waals surface area (Å²) in [5, 5.41) is 3.83. The van der Waals surface area contributed by atoms with Gasteiger partial charge < -0.3 is 9.30 Å². The van der Waals surface area contributed by atoms with E-state index in [2.05, 4.69) is 31.9 Å². The molecule has 0 radical (unpaired) electrons. The van der Waals surface area contributed by atoms with Crippen molar-refractivity contribution in [1.82, 2.24) is 4.57 Å². The number of aryl methyl sites for hydroxylation is 2. The number of anilines is 1. The van der Waals surface area contributed by atoms with Crippen LogP contribution in [0.2, 0.25) is 0 Å². The Balaban J connectivity index is 2.30. The van der Waals surface area contributed by atoms with E-state index in [1.165, 1.54) is 0 Å². The summed E-state index contributed by atoms with van der Waals surface area (Å²) in [5.74, 6) is 0. The molecule has 2 aromatic rings. The van der Waals surface area contributed by atoms with Gasteiger partial charge in [0, 0.05) is 28.3 Å². The van der Waals surface area contributed by atoms with Crippen LogP contribution in [0, 0.1) is 6.92 Å². The Morgan fingerprint density at radius 1 is 1.30 bits per heavy atom. The number of hydrogen-bond acceptors (Lipinski definition) is 2. The van der Waals surface area contributed by atoms with Gasteiger partial charge in [0.05, 0.1) is 5.52 Å². The number of fused-ring (bicyclic) bond motifs is 1. The smallest absolute Gasteiger partial charge is 0.412 e. The van der Waals surface area contributed by atoms with Crippen LogP contribution in [0.5, 0.6) is 0 Å². The first-order chi connectivity index (χ1) is 9.17. The van der Waals surface area contributed by atoms with Crippen molar-refractivity contribution in [2.75, 3.05) is 5.32 Å². The van der Waals surface area contributed by atoms with Gasteiger partial charge in [-0.25, -0.2) is 4.79 Å². The molecule has 1 heterocycles. The number of rotatable bonds is 1. The molecular formula is C15H19BrN2O2. The first kappa shape index (κ1) is 14.9. The second-order valence-corrected chi connectivity index (χ2v) is 6.72. The van der Waals surface area contributed by atoms with Crippen molar-refractivity contribution in [2.45, 2.75) is 33.3 Å². The van der Waals surface area contributed by atoms with Gasteiger partial charge >= 0.3 is 6.09 Å². The quantitative estimate of drug-likeness (QED) is 0.825. The van der Waals surface area contributed by atoms with Crippen molar-refractivity contribution in [3.05, 3.63) is 28.4 Å². The Kier molecular flexibility index (Phi) is 3.82. The lowest BCUT2D eigenvalue weighted by Gasteiger charge is -2.19. The Morgan fingerprint density at radius 3 is 2.55 bits per heavy atom. The monoisotopic (exact) mass is 338 g/mol. The molecule has 5 heteroatoms. The molecule has 1 amide bonds. The predicted molar refractivity (Wildman–Crippen MR) is 85.2 cm³/mol. The van der Waals surface area contributed by atoms with Crippen LogP contribution < -0.4 is 5.32 Å². The number of halogens is 1. The van der Waals surface area contributed by atoms with Crippen LogP contribution in [-0.4, -0.2) is 16.3 Å². The number of benzene rings is 1. The van der Waals surface area contributed by atoms with Gasteiger partial charge in [-0.1, -0.05) is 0 Å². The van der Waals surface area contributed by atoms with Gasteiger partial charge in [-0.3, -0.25) is 5.32 Å². The van der Waals surface area contributed by atoms with E-state index in [4.69, 9.17) is 4.74 Å². The maximum absolute atomic E-state index is 11.8. The molecule has 0 aliphatic rings. The van der Waals surface area contributed by atoms with E-state index in [0.717, 1.165) is 21.1 Å². The summed E-state index contributed by atoms with van der Waals surface area (Å²) >= 11 is 3.55. The van der Waals surface area contributed by atoms with Crippen LogP contribution >= 0.6 is 15.9 Å². The Morgan fingerprint density at radius 2 is 1.95 bits per heavy atom. The molecule has 0 unspecified atom stereocenters. The fourth-order valence-electron chi connectivity index (χ4n) is 2.08. The van der Waals surface area contributed by atoms with Gasteiger partial charge in [-0.2, -0.15) is 0 Å². The average molecular weight is 339 g/mol. The first-order valence-corrected chi connectivity index (χ1v) is 7.22. The summed E-state index contributed by atoms with van der Waals surface area (Å²) in [4.78, 5) is 11.8. The molecule has 0 saturated heterocycles. The van der Waals surface area contributed by atoms with E-state index < -0.39 is 11.7 Å². The second kappa shape index (κ2) is 5.13. The molecule has 0 aliphatic heterocycles. The highest BCUT2D eigenvalue weighted by atomic mass is 79.9. The predicted octanol–water partition coefficient (Wildman–Crippen LogP) is 4.60. The van der Waals surface area contributed by atoms with E-state index in [0.29, 0.717) is 5.69 Å². The maximum atomic E-state index is 11.8. The van der Waals surface area contributed by atoms with Crippen LogP contribution in [0.4, 0.5) is 10.5 Å². The summed E-state index contributed by atoms with van der Waals surface area (Å²) in [6, 6.07) is 5.91. The molecule has 2 rings (SSSR count). The van der Waals surface area contributed by atoms with Gasteiger partial charge in [0.2, 0.25) is 0 Å². The standard InChI is InChI=1S/C15H19BrN2O2/c1-9-6-10-7-11(8-12(16)13(10)18(9)5)17-14(19)20-15(2,3)4/h6-8H,1-5H3,(H,17,19). The molecule has 1 aromatic carbocycles. The van der Waals surface area contributed by atoms with E-state index >= 15 is 0 Å². The Labute approximate surface area is 127 Å². The molecule has 1 aromatic heterocycles. The van der Waals surface area contributed by atoms with Crippen molar-refractivity contribution in [2.24, 2.45) is 7.05 Å². The molecule has 0 fully saturated rings. The van der Waals surface area contributed by atoms with Crippen molar-refractivity contribution >= 4 is 38.6 Å². The molecule has 0 spiro atoms. The highest BCUT2D eigenvalue weighted by Crippen LogP contribution is 2.30. The minimum absolute atomic E-state index is 0.448. The number of carbonyl (C=O) groups is 1. The molecule has 20 heavy (non-hydrogen) atoms. The van der Waals surface area contributed by atoms with Gasteiger partial charge in [0.15, 0.2) is 0 Å². The summed E-state index contributed by atoms with van der Waals surface area (Å²) in [7, 11) is 2.02. The summed E-state index contributed by atoms with van der Waals surface area (Å²) in [5.41, 5.74) is 2.48.